The van der Waals surface area contributed by atoms with E-state index in [4.69, 9.17) is 5.73 Å². The predicted octanol–water partition coefficient (Wildman–Crippen LogP) is 0.368. The highest BCUT2D eigenvalue weighted by Crippen LogP contribution is 2.34. The first-order valence-corrected chi connectivity index (χ1v) is 5.62. The summed E-state index contributed by atoms with van der Waals surface area (Å²) in [6.07, 6.45) is 5.95. The fourth-order valence-electron chi connectivity index (χ4n) is 2.63. The molecular weight excluding hydrogens is 206 g/mol. The first-order chi connectivity index (χ1) is 7.69. The smallest absolute Gasteiger partial charge is 0.276 e. The lowest BCUT2D eigenvalue weighted by molar-refractivity contribution is 0.0860. The Balaban J connectivity index is 1.92. The first-order valence-electron chi connectivity index (χ1n) is 5.62. The number of nitrogens with two attached hydrogens (primary N) is 1. The van der Waals surface area contributed by atoms with Gasteiger partial charge in [-0.15, -0.1) is 0 Å². The molecule has 1 aromatic heterocycles. The molecule has 1 fully saturated rings. The van der Waals surface area contributed by atoms with Crippen molar-refractivity contribution in [1.82, 2.24) is 15.3 Å². The number of carbonyl (C=O) groups excluding carboxylic acids is 1. The first kappa shape index (κ1) is 9.65. The van der Waals surface area contributed by atoms with Crippen molar-refractivity contribution in [3.63, 3.8) is 0 Å². The molecule has 1 aliphatic carbocycles. The topological polar surface area (TPSA) is 95.8 Å². The van der Waals surface area contributed by atoms with Crippen molar-refractivity contribution < 1.29 is 4.79 Å². The van der Waals surface area contributed by atoms with Crippen LogP contribution in [0.1, 0.15) is 36.2 Å². The third kappa shape index (κ3) is 1.30. The zero-order valence-corrected chi connectivity index (χ0v) is 8.92. The molecule has 2 heterocycles. The van der Waals surface area contributed by atoms with Crippen molar-refractivity contribution >= 4 is 11.7 Å². The van der Waals surface area contributed by atoms with Crippen molar-refractivity contribution in [1.29, 1.82) is 0 Å². The summed E-state index contributed by atoms with van der Waals surface area (Å²) in [4.78, 5) is 18.7. The third-order valence-electron chi connectivity index (χ3n) is 3.51. The fraction of sp³-hybridized carbons (Fsp3) is 0.600. The van der Waals surface area contributed by atoms with Gasteiger partial charge in [0.25, 0.3) is 5.91 Å². The molecule has 1 saturated carbocycles. The van der Waals surface area contributed by atoms with Gasteiger partial charge in [0.1, 0.15) is 5.82 Å². The second-order valence-corrected chi connectivity index (χ2v) is 4.56. The molecule has 1 unspecified atom stereocenters. The minimum Gasteiger partial charge on any atom is -0.335 e. The molecule has 0 bridgehead atoms. The van der Waals surface area contributed by atoms with Gasteiger partial charge in [-0.1, -0.05) is 12.8 Å². The molecule has 2 aliphatic rings. The standard InChI is InChI=1S/C10H15N5O/c11-10(6-3-1-2-4-6)14-8-7(9(16)15-10)12-5-13-8/h5-6,14H,1-4,11H2,(H,12,13)(H,15,16). The van der Waals surface area contributed by atoms with E-state index < -0.39 is 5.79 Å². The summed E-state index contributed by atoms with van der Waals surface area (Å²) in [5.41, 5.74) is 6.63. The maximum absolute atomic E-state index is 11.8. The molecular formula is C10H15N5O. The third-order valence-corrected chi connectivity index (χ3v) is 3.51. The Morgan fingerprint density at radius 3 is 2.88 bits per heavy atom. The number of nitrogens with zero attached hydrogens (tertiary/aromatic N) is 1. The van der Waals surface area contributed by atoms with E-state index in [1.54, 1.807) is 0 Å². The summed E-state index contributed by atoms with van der Waals surface area (Å²) in [6, 6.07) is 0. The Morgan fingerprint density at radius 2 is 2.12 bits per heavy atom. The van der Waals surface area contributed by atoms with Gasteiger partial charge in [-0.25, -0.2) is 4.98 Å². The number of imidazole rings is 1. The Morgan fingerprint density at radius 1 is 1.38 bits per heavy atom. The Hall–Kier alpha value is -1.56. The van der Waals surface area contributed by atoms with Crippen LogP contribution in [-0.4, -0.2) is 21.7 Å². The van der Waals surface area contributed by atoms with Crippen LogP contribution in [0.15, 0.2) is 6.33 Å². The lowest BCUT2D eigenvalue weighted by Crippen LogP contribution is -2.67. The van der Waals surface area contributed by atoms with Gasteiger partial charge in [-0.05, 0) is 12.8 Å². The molecule has 16 heavy (non-hydrogen) atoms. The molecule has 1 amide bonds. The second-order valence-electron chi connectivity index (χ2n) is 4.56. The number of aromatic nitrogens is 2. The van der Waals surface area contributed by atoms with Gasteiger partial charge in [0.15, 0.2) is 11.5 Å². The average Bonchev–Trinajstić information content (AvgIpc) is 2.86. The van der Waals surface area contributed by atoms with Gasteiger partial charge in [-0.2, -0.15) is 0 Å². The molecule has 1 aliphatic heterocycles. The number of rotatable bonds is 1. The number of fused-ring (bicyclic) bond motifs is 1. The normalized spacial score (nSPS) is 29.7. The van der Waals surface area contributed by atoms with Crippen LogP contribution in [0.25, 0.3) is 0 Å². The number of nitrogens with one attached hydrogen (secondary N) is 3. The monoisotopic (exact) mass is 221 g/mol. The second kappa shape index (κ2) is 3.21. The fourth-order valence-corrected chi connectivity index (χ4v) is 2.63. The Bertz CT molecular complexity index is 423. The molecule has 5 N–H and O–H groups in total. The Kier molecular flexibility index (Phi) is 1.94. The lowest BCUT2D eigenvalue weighted by Gasteiger charge is -2.39. The quantitative estimate of drug-likeness (QED) is 0.551. The van der Waals surface area contributed by atoms with Crippen LogP contribution < -0.4 is 16.4 Å². The van der Waals surface area contributed by atoms with Gasteiger partial charge in [0.05, 0.1) is 6.33 Å². The highest BCUT2D eigenvalue weighted by Gasteiger charge is 2.42. The molecule has 0 saturated heterocycles. The SMILES string of the molecule is NC1(C2CCCC2)NC(=O)c2nc[nH]c2N1. The van der Waals surface area contributed by atoms with Gasteiger partial charge in [0, 0.05) is 5.92 Å². The maximum Gasteiger partial charge on any atom is 0.276 e. The molecule has 3 rings (SSSR count). The number of amides is 1. The van der Waals surface area contributed by atoms with Gasteiger partial charge < -0.3 is 15.6 Å². The summed E-state index contributed by atoms with van der Waals surface area (Å²) in [7, 11) is 0. The number of hydrogen-bond acceptors (Lipinski definition) is 4. The lowest BCUT2D eigenvalue weighted by atomic mass is 9.97. The maximum atomic E-state index is 11.8. The van der Waals surface area contributed by atoms with Crippen molar-refractivity contribution in [2.75, 3.05) is 5.32 Å². The summed E-state index contributed by atoms with van der Waals surface area (Å²) < 4.78 is 0. The van der Waals surface area contributed by atoms with E-state index in [-0.39, 0.29) is 11.8 Å². The predicted molar refractivity (Wildman–Crippen MR) is 58.6 cm³/mol. The van der Waals surface area contributed by atoms with E-state index in [2.05, 4.69) is 20.6 Å². The minimum atomic E-state index is -0.826. The zero-order chi connectivity index (χ0) is 11.2. The summed E-state index contributed by atoms with van der Waals surface area (Å²) >= 11 is 0. The van der Waals surface area contributed by atoms with Crippen LogP contribution in [0.5, 0.6) is 0 Å². The molecule has 1 aromatic rings. The summed E-state index contributed by atoms with van der Waals surface area (Å²) in [6.45, 7) is 0. The van der Waals surface area contributed by atoms with Crippen LogP contribution in [-0.2, 0) is 0 Å². The number of aromatic amines is 1. The van der Waals surface area contributed by atoms with Crippen LogP contribution >= 0.6 is 0 Å². The highest BCUT2D eigenvalue weighted by molar-refractivity contribution is 5.99. The van der Waals surface area contributed by atoms with E-state index in [1.807, 2.05) is 0 Å². The highest BCUT2D eigenvalue weighted by atomic mass is 16.2. The summed E-state index contributed by atoms with van der Waals surface area (Å²) in [5.74, 6) is -0.122. The van der Waals surface area contributed by atoms with Crippen molar-refractivity contribution in [3.05, 3.63) is 12.0 Å². The molecule has 0 aromatic carbocycles. The van der Waals surface area contributed by atoms with Crippen LogP contribution in [0, 0.1) is 5.92 Å². The number of H-pyrrole nitrogens is 1. The number of hydrogen-bond donors (Lipinski definition) is 4. The van der Waals surface area contributed by atoms with E-state index in [9.17, 15) is 4.79 Å². The molecule has 0 spiro atoms. The van der Waals surface area contributed by atoms with Crippen LogP contribution in [0.3, 0.4) is 0 Å². The van der Waals surface area contributed by atoms with Gasteiger partial charge >= 0.3 is 0 Å². The van der Waals surface area contributed by atoms with Crippen LogP contribution in [0.4, 0.5) is 5.82 Å². The van der Waals surface area contributed by atoms with Crippen LogP contribution in [0.2, 0.25) is 0 Å². The zero-order valence-electron chi connectivity index (χ0n) is 8.92. The summed E-state index contributed by atoms with van der Waals surface area (Å²) in [5, 5.41) is 5.98. The van der Waals surface area contributed by atoms with Gasteiger partial charge in [-0.3, -0.25) is 10.5 Å². The molecule has 6 heteroatoms. The van der Waals surface area contributed by atoms with E-state index in [0.29, 0.717) is 11.5 Å². The molecule has 86 valence electrons. The van der Waals surface area contributed by atoms with Crippen molar-refractivity contribution in [2.45, 2.75) is 31.5 Å². The van der Waals surface area contributed by atoms with Gasteiger partial charge in [0.2, 0.25) is 0 Å². The van der Waals surface area contributed by atoms with E-state index in [1.165, 1.54) is 19.2 Å². The average molecular weight is 221 g/mol. The Labute approximate surface area is 93.0 Å². The van der Waals surface area contributed by atoms with E-state index >= 15 is 0 Å². The van der Waals surface area contributed by atoms with E-state index in [0.717, 1.165) is 12.8 Å². The number of carbonyl (C=O) groups is 1. The molecule has 6 nitrogen and oxygen atoms in total. The molecule has 0 radical (unpaired) electrons. The number of anilines is 1. The molecule has 1 atom stereocenters. The van der Waals surface area contributed by atoms with Crippen molar-refractivity contribution in [2.24, 2.45) is 11.7 Å². The largest absolute Gasteiger partial charge is 0.335 e. The minimum absolute atomic E-state index is 0.204. The van der Waals surface area contributed by atoms with Crippen molar-refractivity contribution in [3.8, 4) is 0 Å².